The molecular formula is C16H15BrN2O3S. The number of carbonyl (C=O) groups is 2. The third-order valence-corrected chi connectivity index (χ3v) is 5.22. The summed E-state index contributed by atoms with van der Waals surface area (Å²) >= 11 is 4.99. The summed E-state index contributed by atoms with van der Waals surface area (Å²) in [5, 5.41) is 0.649. The van der Waals surface area contributed by atoms with Crippen molar-refractivity contribution in [2.24, 2.45) is 4.99 Å². The number of amides is 1. The number of allylic oxidation sites excluding steroid dienone is 1. The van der Waals surface area contributed by atoms with Gasteiger partial charge in [0, 0.05) is 16.6 Å². The summed E-state index contributed by atoms with van der Waals surface area (Å²) in [6.45, 7) is 1.78. The Bertz CT molecular complexity index is 745. The van der Waals surface area contributed by atoms with Crippen LogP contribution in [0.2, 0.25) is 0 Å². The van der Waals surface area contributed by atoms with Crippen molar-refractivity contribution < 1.29 is 14.3 Å². The number of ether oxygens (including phenoxy) is 1. The van der Waals surface area contributed by atoms with Crippen LogP contribution in [0, 0.1) is 0 Å². The molecular weight excluding hydrogens is 380 g/mol. The van der Waals surface area contributed by atoms with E-state index in [9.17, 15) is 9.59 Å². The van der Waals surface area contributed by atoms with E-state index < -0.39 is 12.0 Å². The number of fused-ring (bicyclic) bond motifs is 1. The third kappa shape index (κ3) is 2.95. The second kappa shape index (κ2) is 6.49. The Labute approximate surface area is 146 Å². The summed E-state index contributed by atoms with van der Waals surface area (Å²) < 4.78 is 5.82. The van der Waals surface area contributed by atoms with Crippen LogP contribution in [0.5, 0.6) is 0 Å². The average Bonchev–Trinajstić information content (AvgIpc) is 2.53. The van der Waals surface area contributed by atoms with Crippen LogP contribution in [-0.2, 0) is 14.3 Å². The van der Waals surface area contributed by atoms with E-state index in [-0.39, 0.29) is 5.91 Å². The number of rotatable bonds is 2. The van der Waals surface area contributed by atoms with Crippen molar-refractivity contribution in [3.63, 3.8) is 0 Å². The van der Waals surface area contributed by atoms with E-state index in [0.29, 0.717) is 28.6 Å². The van der Waals surface area contributed by atoms with E-state index >= 15 is 0 Å². The van der Waals surface area contributed by atoms with Crippen LogP contribution < -0.4 is 0 Å². The van der Waals surface area contributed by atoms with E-state index in [1.165, 1.54) is 18.9 Å². The predicted molar refractivity (Wildman–Crippen MR) is 93.0 cm³/mol. The molecule has 1 aromatic carbocycles. The molecule has 7 heteroatoms. The van der Waals surface area contributed by atoms with Crippen LogP contribution in [0.3, 0.4) is 0 Å². The van der Waals surface area contributed by atoms with Gasteiger partial charge in [0.25, 0.3) is 0 Å². The molecule has 2 aliphatic heterocycles. The van der Waals surface area contributed by atoms with Crippen LogP contribution in [0.1, 0.15) is 24.9 Å². The normalized spacial score (nSPS) is 21.0. The highest BCUT2D eigenvalue weighted by molar-refractivity contribution is 9.10. The minimum atomic E-state index is -0.507. The van der Waals surface area contributed by atoms with Crippen LogP contribution in [0.25, 0.3) is 0 Å². The van der Waals surface area contributed by atoms with Gasteiger partial charge in [-0.15, -0.1) is 0 Å². The van der Waals surface area contributed by atoms with Crippen LogP contribution in [0.15, 0.2) is 45.0 Å². The largest absolute Gasteiger partial charge is 0.466 e. The standard InChI is InChI=1S/C16H15BrN2O3S/c1-9-13(15(21)22-2)14(10-4-3-5-11(17)8-10)19-12(20)6-7-23-16(19)18-9/h3-5,8,14H,6-7H2,1-2H3. The highest BCUT2D eigenvalue weighted by atomic mass is 79.9. The fourth-order valence-corrected chi connectivity index (χ4v) is 4.18. The predicted octanol–water partition coefficient (Wildman–Crippen LogP) is 3.27. The lowest BCUT2D eigenvalue weighted by molar-refractivity contribution is -0.137. The number of carbonyl (C=O) groups excluding carboxylic acids is 2. The number of hydrogen-bond acceptors (Lipinski definition) is 5. The molecule has 23 heavy (non-hydrogen) atoms. The zero-order chi connectivity index (χ0) is 16.6. The van der Waals surface area contributed by atoms with E-state index in [0.717, 1.165) is 10.0 Å². The molecule has 0 spiro atoms. The van der Waals surface area contributed by atoms with Crippen molar-refractivity contribution in [1.29, 1.82) is 0 Å². The topological polar surface area (TPSA) is 59.0 Å². The van der Waals surface area contributed by atoms with Gasteiger partial charge in [-0.3, -0.25) is 9.69 Å². The summed E-state index contributed by atoms with van der Waals surface area (Å²) in [5.41, 5.74) is 1.85. The maximum absolute atomic E-state index is 12.5. The molecule has 5 nitrogen and oxygen atoms in total. The molecule has 1 fully saturated rings. The first kappa shape index (κ1) is 16.3. The Morgan fingerprint density at radius 1 is 1.48 bits per heavy atom. The van der Waals surface area contributed by atoms with Crippen molar-refractivity contribution in [2.45, 2.75) is 19.4 Å². The molecule has 0 N–H and O–H groups in total. The monoisotopic (exact) mass is 394 g/mol. The molecule has 0 radical (unpaired) electrons. The van der Waals surface area contributed by atoms with Crippen molar-refractivity contribution in [2.75, 3.05) is 12.9 Å². The zero-order valence-electron chi connectivity index (χ0n) is 12.7. The maximum Gasteiger partial charge on any atom is 0.338 e. The lowest BCUT2D eigenvalue weighted by Crippen LogP contribution is -2.45. The smallest absolute Gasteiger partial charge is 0.338 e. The maximum atomic E-state index is 12.5. The van der Waals surface area contributed by atoms with Crippen LogP contribution >= 0.6 is 27.7 Å². The Morgan fingerprint density at radius 2 is 2.26 bits per heavy atom. The molecule has 1 saturated heterocycles. The molecule has 0 aliphatic carbocycles. The Balaban J connectivity index is 2.19. The molecule has 120 valence electrons. The zero-order valence-corrected chi connectivity index (χ0v) is 15.1. The molecule has 0 saturated carbocycles. The third-order valence-electron chi connectivity index (χ3n) is 3.78. The van der Waals surface area contributed by atoms with Gasteiger partial charge in [-0.2, -0.15) is 0 Å². The fraction of sp³-hybridized carbons (Fsp3) is 0.312. The summed E-state index contributed by atoms with van der Waals surface area (Å²) in [4.78, 5) is 30.9. The number of amidine groups is 1. The first-order valence-corrected chi connectivity index (χ1v) is 8.89. The molecule has 1 unspecified atom stereocenters. The lowest BCUT2D eigenvalue weighted by atomic mass is 9.94. The number of halogens is 1. The molecule has 0 bridgehead atoms. The van der Waals surface area contributed by atoms with Gasteiger partial charge in [0.1, 0.15) is 0 Å². The van der Waals surface area contributed by atoms with Gasteiger partial charge in [-0.25, -0.2) is 9.79 Å². The number of aliphatic imine (C=N–C) groups is 1. The van der Waals surface area contributed by atoms with E-state index in [1.807, 2.05) is 24.3 Å². The first-order valence-electron chi connectivity index (χ1n) is 7.11. The second-order valence-electron chi connectivity index (χ2n) is 5.20. The van der Waals surface area contributed by atoms with E-state index in [1.54, 1.807) is 11.8 Å². The van der Waals surface area contributed by atoms with Crippen molar-refractivity contribution in [1.82, 2.24) is 4.90 Å². The lowest BCUT2D eigenvalue weighted by Gasteiger charge is -2.38. The number of benzene rings is 1. The number of methoxy groups -OCH3 is 1. The number of thioether (sulfide) groups is 1. The minimum absolute atomic E-state index is 0.0265. The molecule has 2 aliphatic rings. The SMILES string of the molecule is COC(=O)C1=C(C)N=C2SCCC(=O)N2C1c1cccc(Br)c1. The second-order valence-corrected chi connectivity index (χ2v) is 7.18. The van der Waals surface area contributed by atoms with Crippen molar-refractivity contribution in [3.05, 3.63) is 45.6 Å². The fourth-order valence-electron chi connectivity index (χ4n) is 2.76. The minimum Gasteiger partial charge on any atom is -0.466 e. The van der Waals surface area contributed by atoms with E-state index in [2.05, 4.69) is 20.9 Å². The number of hydrogen-bond donors (Lipinski definition) is 0. The number of nitrogens with zero attached hydrogens (tertiary/aromatic N) is 2. The highest BCUT2D eigenvalue weighted by Crippen LogP contribution is 2.40. The van der Waals surface area contributed by atoms with Gasteiger partial charge in [-0.05, 0) is 24.6 Å². The van der Waals surface area contributed by atoms with Crippen molar-refractivity contribution in [3.8, 4) is 0 Å². The van der Waals surface area contributed by atoms with Gasteiger partial charge >= 0.3 is 5.97 Å². The van der Waals surface area contributed by atoms with Gasteiger partial charge in [-0.1, -0.05) is 39.8 Å². The molecule has 1 amide bonds. The summed E-state index contributed by atoms with van der Waals surface area (Å²) in [7, 11) is 1.34. The summed E-state index contributed by atoms with van der Waals surface area (Å²) in [5.74, 6) is 0.222. The van der Waals surface area contributed by atoms with Gasteiger partial charge < -0.3 is 4.74 Å². The Morgan fingerprint density at radius 3 is 2.96 bits per heavy atom. The quantitative estimate of drug-likeness (QED) is 0.722. The molecule has 2 heterocycles. The first-order chi connectivity index (χ1) is 11.0. The number of esters is 1. The average molecular weight is 395 g/mol. The molecule has 0 aromatic heterocycles. The van der Waals surface area contributed by atoms with Gasteiger partial charge in [0.15, 0.2) is 5.17 Å². The summed E-state index contributed by atoms with van der Waals surface area (Å²) in [6, 6.07) is 7.10. The highest BCUT2D eigenvalue weighted by Gasteiger charge is 2.41. The van der Waals surface area contributed by atoms with Gasteiger partial charge in [0.05, 0.1) is 24.4 Å². The molecule has 3 rings (SSSR count). The van der Waals surface area contributed by atoms with Crippen LogP contribution in [-0.4, -0.2) is 34.8 Å². The Kier molecular flexibility index (Phi) is 4.59. The van der Waals surface area contributed by atoms with Gasteiger partial charge in [0.2, 0.25) is 5.91 Å². The Hall–Kier alpha value is -1.60. The van der Waals surface area contributed by atoms with Crippen LogP contribution in [0.4, 0.5) is 0 Å². The molecule has 1 atom stereocenters. The van der Waals surface area contributed by atoms with Crippen molar-refractivity contribution >= 4 is 44.7 Å². The van der Waals surface area contributed by atoms with E-state index in [4.69, 9.17) is 4.74 Å². The summed E-state index contributed by atoms with van der Waals surface area (Å²) in [6.07, 6.45) is 0.432. The molecule has 1 aromatic rings.